The van der Waals surface area contributed by atoms with Crippen LogP contribution in [0.3, 0.4) is 0 Å². The first-order valence-electron chi connectivity index (χ1n) is 12.0. The van der Waals surface area contributed by atoms with Gasteiger partial charge in [-0.05, 0) is 61.4 Å². The molecule has 1 unspecified atom stereocenters. The summed E-state index contributed by atoms with van der Waals surface area (Å²) in [6, 6.07) is 21.7. The molecule has 1 fully saturated rings. The van der Waals surface area contributed by atoms with E-state index in [1.807, 2.05) is 90.8 Å². The van der Waals surface area contributed by atoms with Crippen LogP contribution >= 0.6 is 0 Å². The monoisotopic (exact) mass is 591 g/mol. The van der Waals surface area contributed by atoms with Gasteiger partial charge in [-0.15, -0.1) is 0 Å². The average molecular weight is 592 g/mol. The van der Waals surface area contributed by atoms with Crippen molar-refractivity contribution < 1.29 is 9.53 Å². The quantitative estimate of drug-likeness (QED) is 0.305. The van der Waals surface area contributed by atoms with Crippen LogP contribution in [0.2, 0.25) is 4.87 Å². The zero-order valence-electron chi connectivity index (χ0n) is 21.2. The van der Waals surface area contributed by atoms with Crippen molar-refractivity contribution in [1.82, 2.24) is 14.3 Å². The van der Waals surface area contributed by atoms with E-state index < -0.39 is 0 Å². The number of carbonyl (C=O) groups is 1. The fraction of sp³-hybridized carbons (Fsp3) is 0.286. The van der Waals surface area contributed by atoms with Gasteiger partial charge in [0, 0.05) is 43.8 Å². The molecule has 4 aromatic rings. The summed E-state index contributed by atoms with van der Waals surface area (Å²) in [5, 5.41) is 3.07. The number of likely N-dealkylation sites (tertiary alicyclic amines) is 1. The zero-order valence-corrected chi connectivity index (χ0v) is 23.7. The Bertz CT molecular complexity index is 1320. The molecule has 2 aromatic carbocycles. The van der Waals surface area contributed by atoms with Crippen molar-refractivity contribution >= 4 is 45.9 Å². The van der Waals surface area contributed by atoms with E-state index in [1.54, 1.807) is 30.1 Å². The van der Waals surface area contributed by atoms with Crippen LogP contribution in [0.25, 0.3) is 16.8 Å². The van der Waals surface area contributed by atoms with Crippen molar-refractivity contribution in [3.63, 3.8) is 0 Å². The van der Waals surface area contributed by atoms with Crippen molar-refractivity contribution in [1.29, 1.82) is 0 Å². The number of pyridine rings is 1. The van der Waals surface area contributed by atoms with Crippen molar-refractivity contribution in [3.8, 4) is 17.0 Å². The van der Waals surface area contributed by atoms with Crippen molar-refractivity contribution in [2.75, 3.05) is 38.0 Å². The van der Waals surface area contributed by atoms with Gasteiger partial charge in [0.2, 0.25) is 0 Å². The topological polar surface area (TPSA) is 62.1 Å². The minimum absolute atomic E-state index is 0.101. The number of amides is 2. The molecule has 0 aliphatic carbocycles. The summed E-state index contributed by atoms with van der Waals surface area (Å²) >= 11 is 1.75. The van der Waals surface area contributed by atoms with Gasteiger partial charge >= 0.3 is 33.9 Å². The van der Waals surface area contributed by atoms with E-state index >= 15 is 0 Å². The molecule has 1 atom stereocenters. The van der Waals surface area contributed by atoms with E-state index in [2.05, 4.69) is 20.7 Å². The Kier molecular flexibility index (Phi) is 8.42. The summed E-state index contributed by atoms with van der Waals surface area (Å²) in [6.07, 6.45) is 3.84. The van der Waals surface area contributed by atoms with Gasteiger partial charge in [0.1, 0.15) is 11.6 Å². The Morgan fingerprint density at radius 1 is 1.08 bits per heavy atom. The second-order valence-electron chi connectivity index (χ2n) is 8.73. The second kappa shape index (κ2) is 11.7. The van der Waals surface area contributed by atoms with Crippen molar-refractivity contribution in [3.05, 3.63) is 78.8 Å². The molecule has 36 heavy (non-hydrogen) atoms. The normalized spacial score (nSPS) is 14.8. The number of carbonyl (C=O) groups excluding carboxylic acids is 1. The summed E-state index contributed by atoms with van der Waals surface area (Å²) in [4.78, 5) is 24.3. The first kappa shape index (κ1) is 25.9. The third-order valence-electron chi connectivity index (χ3n) is 6.37. The molecule has 1 aliphatic heterocycles. The number of hydrogen-bond donors (Lipinski definition) is 1. The number of ether oxygens (including phenoxy) is 1. The van der Waals surface area contributed by atoms with Gasteiger partial charge in [-0.2, -0.15) is 0 Å². The molecule has 0 spiro atoms. The first-order chi connectivity index (χ1) is 17.5. The Hall–Kier alpha value is -3.18. The van der Waals surface area contributed by atoms with Crippen molar-refractivity contribution in [2.45, 2.75) is 23.8 Å². The van der Waals surface area contributed by atoms with Crippen LogP contribution in [0.4, 0.5) is 16.2 Å². The SMILES string of the molecule is COc1cccc(-c2nc(C3CCCN3C(=O)Nc3ccc(N(C)C)cc3)n3ccccc23)c1.[CH3][Sb]. The predicted molar refractivity (Wildman–Crippen MR) is 147 cm³/mol. The first-order valence-corrected chi connectivity index (χ1v) is 14.5. The zero-order chi connectivity index (χ0) is 25.7. The van der Waals surface area contributed by atoms with Gasteiger partial charge in [-0.3, -0.25) is 0 Å². The van der Waals surface area contributed by atoms with Crippen LogP contribution in [0.1, 0.15) is 24.7 Å². The number of aromatic nitrogens is 2. The van der Waals surface area contributed by atoms with Gasteiger partial charge in [-0.1, -0.05) is 18.2 Å². The molecule has 0 saturated carbocycles. The van der Waals surface area contributed by atoms with Crippen LogP contribution in [0.5, 0.6) is 5.75 Å². The van der Waals surface area contributed by atoms with E-state index in [4.69, 9.17) is 9.72 Å². The molecule has 1 N–H and O–H groups in total. The molecular weight excluding hydrogens is 560 g/mol. The maximum absolute atomic E-state index is 13.3. The molecule has 2 radical (unpaired) electrons. The fourth-order valence-corrected chi connectivity index (χ4v) is 4.60. The molecular formula is C28H32N5O2Sb. The van der Waals surface area contributed by atoms with Gasteiger partial charge in [0.25, 0.3) is 0 Å². The Labute approximate surface area is 226 Å². The number of anilines is 2. The number of benzene rings is 2. The fourth-order valence-electron chi connectivity index (χ4n) is 4.60. The molecule has 1 saturated heterocycles. The average Bonchev–Trinajstić information content (AvgIpc) is 3.55. The minimum atomic E-state index is -0.102. The number of imidazole rings is 1. The second-order valence-corrected chi connectivity index (χ2v) is 8.73. The number of nitrogens with one attached hydrogen (secondary N) is 1. The van der Waals surface area contributed by atoms with Crippen LogP contribution in [-0.4, -0.2) is 71.1 Å². The number of fused-ring (bicyclic) bond motifs is 1. The summed E-state index contributed by atoms with van der Waals surface area (Å²) in [7, 11) is 5.66. The molecule has 2 aromatic heterocycles. The molecule has 186 valence electrons. The standard InChI is InChI=1S/C27H29N5O2.CH3.Sb/c1-30(2)21-14-12-20(13-15-21)28-27(33)32-17-7-11-24(32)26-29-25(23-10-4-5-16-31(23)26)19-8-6-9-22(18-19)34-3;;/h4-6,8-10,12-16,18,24H,7,11,17H2,1-3H3,(H,28,33);1H3;. The van der Waals surface area contributed by atoms with Crippen LogP contribution < -0.4 is 15.0 Å². The molecule has 3 heterocycles. The van der Waals surface area contributed by atoms with E-state index in [0.717, 1.165) is 52.6 Å². The third-order valence-corrected chi connectivity index (χ3v) is 6.37. The van der Waals surface area contributed by atoms with E-state index in [9.17, 15) is 4.79 Å². The molecule has 2 amide bonds. The van der Waals surface area contributed by atoms with E-state index in [0.29, 0.717) is 6.54 Å². The van der Waals surface area contributed by atoms with Crippen molar-refractivity contribution in [2.24, 2.45) is 0 Å². The summed E-state index contributed by atoms with van der Waals surface area (Å²) in [5.41, 5.74) is 4.76. The Balaban J connectivity index is 0.00000148. The predicted octanol–water partition coefficient (Wildman–Crippen LogP) is 5.65. The van der Waals surface area contributed by atoms with Gasteiger partial charge in [0.05, 0.1) is 24.4 Å². The maximum atomic E-state index is 13.3. The van der Waals surface area contributed by atoms with Crippen LogP contribution in [0.15, 0.2) is 72.9 Å². The number of urea groups is 1. The third kappa shape index (κ3) is 5.31. The summed E-state index contributed by atoms with van der Waals surface area (Å²) in [6.45, 7) is 0.697. The molecule has 0 bridgehead atoms. The Morgan fingerprint density at radius 2 is 1.86 bits per heavy atom. The Morgan fingerprint density at radius 3 is 2.58 bits per heavy atom. The van der Waals surface area contributed by atoms with Gasteiger partial charge in [0.15, 0.2) is 0 Å². The number of hydrogen-bond acceptors (Lipinski definition) is 4. The molecule has 8 heteroatoms. The molecule has 1 aliphatic rings. The van der Waals surface area contributed by atoms with Gasteiger partial charge in [-0.25, -0.2) is 9.78 Å². The molecule has 5 rings (SSSR count). The van der Waals surface area contributed by atoms with Gasteiger partial charge < -0.3 is 24.3 Å². The molecule has 7 nitrogen and oxygen atoms in total. The number of rotatable bonds is 5. The number of nitrogens with zero attached hydrogens (tertiary/aromatic N) is 4. The van der Waals surface area contributed by atoms with Crippen LogP contribution in [0, 0.1) is 0 Å². The van der Waals surface area contributed by atoms with Crippen LogP contribution in [-0.2, 0) is 0 Å². The summed E-state index contributed by atoms with van der Waals surface area (Å²) < 4.78 is 7.53. The van der Waals surface area contributed by atoms with E-state index in [1.165, 1.54) is 0 Å². The number of methoxy groups -OCH3 is 1. The summed E-state index contributed by atoms with van der Waals surface area (Å²) in [5.74, 6) is 1.67. The van der Waals surface area contributed by atoms with E-state index in [-0.39, 0.29) is 12.1 Å².